The van der Waals surface area contributed by atoms with Gasteiger partial charge in [0.2, 0.25) is 11.8 Å². The molecular weight excluding hydrogens is 552 g/mol. The number of alkyl halides is 3. The molecule has 11 heteroatoms. The lowest BCUT2D eigenvalue weighted by Gasteiger charge is -2.45. The first-order valence-electron chi connectivity index (χ1n) is 14.5. The van der Waals surface area contributed by atoms with Crippen LogP contribution in [0, 0.1) is 24.6 Å². The highest BCUT2D eigenvalue weighted by Gasteiger charge is 2.52. The summed E-state index contributed by atoms with van der Waals surface area (Å²) in [7, 11) is 5.42. The van der Waals surface area contributed by atoms with Crippen LogP contribution < -0.4 is 4.74 Å². The van der Waals surface area contributed by atoms with Gasteiger partial charge in [-0.05, 0) is 83.1 Å². The third-order valence-electron chi connectivity index (χ3n) is 8.57. The molecule has 230 valence electrons. The maximum Gasteiger partial charge on any atom is 0.408 e. The summed E-state index contributed by atoms with van der Waals surface area (Å²) in [6.45, 7) is 3.51. The first-order valence-corrected chi connectivity index (χ1v) is 14.5. The Morgan fingerprint density at radius 1 is 1.10 bits per heavy atom. The van der Waals surface area contributed by atoms with Gasteiger partial charge in [-0.15, -0.1) is 0 Å². The van der Waals surface area contributed by atoms with E-state index in [1.807, 2.05) is 19.0 Å². The van der Waals surface area contributed by atoms with Crippen molar-refractivity contribution >= 4 is 11.7 Å². The number of Topliss-reactive ketones (excluding diaryl/α,β-unsaturated/α-hetero) is 1. The molecule has 1 aromatic carbocycles. The van der Waals surface area contributed by atoms with E-state index in [1.54, 1.807) is 25.1 Å². The van der Waals surface area contributed by atoms with Crippen LogP contribution in [-0.4, -0.2) is 97.5 Å². The van der Waals surface area contributed by atoms with Crippen LogP contribution >= 0.6 is 0 Å². The smallest absolute Gasteiger partial charge is 0.408 e. The maximum atomic E-state index is 14.9. The Morgan fingerprint density at radius 3 is 2.48 bits per heavy atom. The summed E-state index contributed by atoms with van der Waals surface area (Å²) >= 11 is 0. The molecule has 3 heterocycles. The Labute approximate surface area is 244 Å². The predicted molar refractivity (Wildman–Crippen MR) is 151 cm³/mol. The molecule has 4 atom stereocenters. The van der Waals surface area contributed by atoms with Crippen LogP contribution in [0.5, 0.6) is 5.88 Å². The van der Waals surface area contributed by atoms with Gasteiger partial charge in [0.15, 0.2) is 5.78 Å². The summed E-state index contributed by atoms with van der Waals surface area (Å²) < 4.78 is 62.0. The normalized spacial score (nSPS) is 23.4. The van der Waals surface area contributed by atoms with Gasteiger partial charge in [0, 0.05) is 49.3 Å². The number of likely N-dealkylation sites (tertiary alicyclic amines) is 2. The molecule has 0 spiro atoms. The first-order chi connectivity index (χ1) is 19.9. The Balaban J connectivity index is 1.77. The number of rotatable bonds is 10. The number of ketones is 1. The maximum absolute atomic E-state index is 14.9. The molecule has 3 unspecified atom stereocenters. The van der Waals surface area contributed by atoms with Crippen LogP contribution in [0.25, 0.3) is 0 Å². The average molecular weight is 593 g/mol. The summed E-state index contributed by atoms with van der Waals surface area (Å²) in [5.41, 5.74) is 1.07. The number of amides is 1. The van der Waals surface area contributed by atoms with E-state index in [0.29, 0.717) is 35.7 Å². The second-order valence-electron chi connectivity index (χ2n) is 11.6. The highest BCUT2D eigenvalue weighted by molar-refractivity contribution is 5.99. The minimum absolute atomic E-state index is 0.00178. The number of carbonyl (C=O) groups excluding carboxylic acids is 2. The zero-order valence-corrected chi connectivity index (χ0v) is 24.7. The minimum Gasteiger partial charge on any atom is -0.481 e. The van der Waals surface area contributed by atoms with Gasteiger partial charge >= 0.3 is 6.18 Å². The molecule has 1 amide bonds. The lowest BCUT2D eigenvalue weighted by Crippen LogP contribution is -2.55. The molecule has 0 radical (unpaired) electrons. The number of benzene rings is 1. The van der Waals surface area contributed by atoms with Crippen LogP contribution in [-0.2, 0) is 4.79 Å². The number of halogens is 4. The molecule has 42 heavy (non-hydrogen) atoms. The number of hydrogen-bond donors (Lipinski definition) is 0. The Kier molecular flexibility index (Phi) is 10.2. The Bertz CT molecular complexity index is 1240. The van der Waals surface area contributed by atoms with Gasteiger partial charge in [-0.2, -0.15) is 13.2 Å². The van der Waals surface area contributed by atoms with E-state index < -0.39 is 41.7 Å². The minimum atomic E-state index is -4.55. The third-order valence-corrected chi connectivity index (χ3v) is 8.57. The number of hydrogen-bond acceptors (Lipinski definition) is 6. The van der Waals surface area contributed by atoms with Crippen molar-refractivity contribution in [3.05, 3.63) is 59.0 Å². The second kappa shape index (κ2) is 13.5. The standard InChI is InChI=1S/C31H40F4N4O3/c1-20-22(9-7-10-25(20)32)28-23(29(40)21-12-13-27(42-4)36-17-21)18-38(15-6-5-14-37(2)3)19-24(28)30(41)39-16-8-11-26(39)31(33,34)35/h7,9-10,12-13,17,23-24,26,28H,5-6,8,11,14-16,18-19H2,1-4H3/t23?,24?,26-,28?/m0/s1. The fourth-order valence-electron chi connectivity index (χ4n) is 6.43. The number of carbonyl (C=O) groups is 2. The van der Waals surface area contributed by atoms with Crippen molar-refractivity contribution < 1.29 is 31.9 Å². The molecular formula is C31H40F4N4O3. The summed E-state index contributed by atoms with van der Waals surface area (Å²) in [6, 6.07) is 5.81. The van der Waals surface area contributed by atoms with Crippen molar-refractivity contribution in [1.29, 1.82) is 0 Å². The van der Waals surface area contributed by atoms with Crippen LogP contribution in [0.15, 0.2) is 36.5 Å². The molecule has 2 aliphatic rings. The van der Waals surface area contributed by atoms with Gasteiger partial charge in [0.05, 0.1) is 13.0 Å². The molecule has 4 rings (SSSR count). The van der Waals surface area contributed by atoms with E-state index >= 15 is 0 Å². The zero-order valence-electron chi connectivity index (χ0n) is 24.7. The lowest BCUT2D eigenvalue weighted by molar-refractivity contribution is -0.185. The quantitative estimate of drug-likeness (QED) is 0.221. The molecule has 2 saturated heterocycles. The number of unbranched alkanes of at least 4 members (excludes halogenated alkanes) is 1. The van der Waals surface area contributed by atoms with E-state index in [4.69, 9.17) is 4.74 Å². The Morgan fingerprint density at radius 2 is 1.83 bits per heavy atom. The average Bonchev–Trinajstić information content (AvgIpc) is 3.47. The lowest BCUT2D eigenvalue weighted by atomic mass is 9.69. The molecule has 0 N–H and O–H groups in total. The topological polar surface area (TPSA) is 66.0 Å². The molecule has 1 aromatic heterocycles. The SMILES string of the molecule is COc1ccc(C(=O)C2CN(CCCCN(C)C)CC(C(=O)N3CCC[C@H]3C(F)(F)F)C2c2cccc(F)c2C)cn1. The fourth-order valence-corrected chi connectivity index (χ4v) is 6.43. The van der Waals surface area contributed by atoms with Crippen molar-refractivity contribution in [2.24, 2.45) is 11.8 Å². The van der Waals surface area contributed by atoms with E-state index in [2.05, 4.69) is 9.88 Å². The van der Waals surface area contributed by atoms with Crippen molar-refractivity contribution in [2.75, 3.05) is 53.9 Å². The fraction of sp³-hybridized carbons (Fsp3) is 0.581. The van der Waals surface area contributed by atoms with Crippen molar-refractivity contribution in [3.63, 3.8) is 0 Å². The molecule has 2 fully saturated rings. The molecule has 0 bridgehead atoms. The van der Waals surface area contributed by atoms with Crippen molar-refractivity contribution in [1.82, 2.24) is 19.7 Å². The Hall–Kier alpha value is -3.05. The van der Waals surface area contributed by atoms with Gasteiger partial charge in [-0.1, -0.05) is 12.1 Å². The number of nitrogens with zero attached hydrogens (tertiary/aromatic N) is 4. The van der Waals surface area contributed by atoms with Gasteiger partial charge < -0.3 is 19.4 Å². The van der Waals surface area contributed by atoms with E-state index in [9.17, 15) is 27.2 Å². The number of piperidine rings is 1. The second-order valence-corrected chi connectivity index (χ2v) is 11.6. The van der Waals surface area contributed by atoms with E-state index in [0.717, 1.165) is 24.3 Å². The highest BCUT2D eigenvalue weighted by atomic mass is 19.4. The first kappa shape index (κ1) is 31.9. The number of pyridine rings is 1. The van der Waals surface area contributed by atoms with E-state index in [-0.39, 0.29) is 31.7 Å². The molecule has 0 aliphatic carbocycles. The van der Waals surface area contributed by atoms with Crippen molar-refractivity contribution in [3.8, 4) is 5.88 Å². The van der Waals surface area contributed by atoms with Crippen LogP contribution in [0.1, 0.15) is 53.1 Å². The largest absolute Gasteiger partial charge is 0.481 e. The van der Waals surface area contributed by atoms with Gasteiger partial charge in [-0.25, -0.2) is 9.37 Å². The summed E-state index contributed by atoms with van der Waals surface area (Å²) in [5.74, 6) is -3.65. The van der Waals surface area contributed by atoms with Crippen LogP contribution in [0.4, 0.5) is 17.6 Å². The van der Waals surface area contributed by atoms with Gasteiger partial charge in [0.1, 0.15) is 11.9 Å². The molecule has 2 aliphatic heterocycles. The van der Waals surface area contributed by atoms with E-state index in [1.165, 1.54) is 25.4 Å². The zero-order chi connectivity index (χ0) is 30.6. The molecule has 2 aromatic rings. The van der Waals surface area contributed by atoms with Crippen molar-refractivity contribution in [2.45, 2.75) is 50.7 Å². The number of methoxy groups -OCH3 is 1. The predicted octanol–water partition coefficient (Wildman–Crippen LogP) is 4.95. The molecule has 7 nitrogen and oxygen atoms in total. The number of ether oxygens (including phenoxy) is 1. The molecule has 0 saturated carbocycles. The van der Waals surface area contributed by atoms with Crippen LogP contribution in [0.2, 0.25) is 0 Å². The van der Waals surface area contributed by atoms with Gasteiger partial charge in [0.25, 0.3) is 0 Å². The van der Waals surface area contributed by atoms with Gasteiger partial charge in [-0.3, -0.25) is 9.59 Å². The summed E-state index contributed by atoms with van der Waals surface area (Å²) in [6.07, 6.45) is -1.37. The highest BCUT2D eigenvalue weighted by Crippen LogP contribution is 2.44. The monoisotopic (exact) mass is 592 g/mol. The summed E-state index contributed by atoms with van der Waals surface area (Å²) in [4.78, 5) is 37.5. The third kappa shape index (κ3) is 7.11. The number of aromatic nitrogens is 1. The van der Waals surface area contributed by atoms with Crippen LogP contribution in [0.3, 0.4) is 0 Å². The summed E-state index contributed by atoms with van der Waals surface area (Å²) in [5, 5.41) is 0.